The molecule has 1 unspecified atom stereocenters. The molecule has 108 valence electrons. The van der Waals surface area contributed by atoms with E-state index in [-0.39, 0.29) is 22.4 Å². The van der Waals surface area contributed by atoms with Gasteiger partial charge in [0.1, 0.15) is 0 Å². The number of nitrogens with zero attached hydrogens (tertiary/aromatic N) is 2. The second-order valence-corrected chi connectivity index (χ2v) is 6.77. The van der Waals surface area contributed by atoms with Crippen LogP contribution in [0.2, 0.25) is 0 Å². The molecule has 1 aromatic rings. The van der Waals surface area contributed by atoms with E-state index in [1.54, 1.807) is 11.5 Å². The van der Waals surface area contributed by atoms with Crippen molar-refractivity contribution < 1.29 is 4.79 Å². The molecule has 0 radical (unpaired) electrons. The number of H-pyrrole nitrogens is 1. The summed E-state index contributed by atoms with van der Waals surface area (Å²) in [5.41, 5.74) is -0.492. The van der Waals surface area contributed by atoms with Gasteiger partial charge in [-0.1, -0.05) is 18.7 Å². The molecule has 1 heterocycles. The first-order valence-corrected chi connectivity index (χ1v) is 7.26. The Kier molecular flexibility index (Phi) is 5.22. The number of hydrogen-bond acceptors (Lipinski definition) is 4. The second kappa shape index (κ2) is 6.27. The highest BCUT2D eigenvalue weighted by atomic mass is 32.2. The Morgan fingerprint density at radius 1 is 1.53 bits per heavy atom. The van der Waals surface area contributed by atoms with E-state index in [9.17, 15) is 9.59 Å². The SMILES string of the molecule is CCCn1c(SC(C)C(=O)NC(C)(C)C)n[nH]c1=O. The third kappa shape index (κ3) is 4.74. The molecule has 7 heteroatoms. The Labute approximate surface area is 117 Å². The predicted octanol–water partition coefficient (Wildman–Crippen LogP) is 1.38. The molecule has 0 aromatic carbocycles. The Morgan fingerprint density at radius 2 is 2.16 bits per heavy atom. The molecule has 0 fully saturated rings. The van der Waals surface area contributed by atoms with Gasteiger partial charge in [0.25, 0.3) is 0 Å². The Morgan fingerprint density at radius 3 is 2.68 bits per heavy atom. The van der Waals surface area contributed by atoms with Crippen molar-refractivity contribution in [2.75, 3.05) is 0 Å². The molecule has 2 N–H and O–H groups in total. The van der Waals surface area contributed by atoms with Crippen LogP contribution >= 0.6 is 11.8 Å². The largest absolute Gasteiger partial charge is 0.351 e. The van der Waals surface area contributed by atoms with E-state index in [0.717, 1.165) is 6.42 Å². The summed E-state index contributed by atoms with van der Waals surface area (Å²) in [6.07, 6.45) is 0.843. The van der Waals surface area contributed by atoms with Gasteiger partial charge in [0.2, 0.25) is 5.91 Å². The Hall–Kier alpha value is -1.24. The van der Waals surface area contributed by atoms with Crippen LogP contribution in [0.25, 0.3) is 0 Å². The fourth-order valence-electron chi connectivity index (χ4n) is 1.50. The maximum Gasteiger partial charge on any atom is 0.343 e. The van der Waals surface area contributed by atoms with E-state index in [1.165, 1.54) is 11.8 Å². The molecule has 0 aliphatic rings. The van der Waals surface area contributed by atoms with E-state index in [1.807, 2.05) is 27.7 Å². The highest BCUT2D eigenvalue weighted by Gasteiger charge is 2.22. The number of thioether (sulfide) groups is 1. The van der Waals surface area contributed by atoms with E-state index < -0.39 is 0 Å². The number of aromatic amines is 1. The van der Waals surface area contributed by atoms with Crippen molar-refractivity contribution in [1.29, 1.82) is 0 Å². The van der Waals surface area contributed by atoms with Crippen LogP contribution in [-0.2, 0) is 11.3 Å². The molecule has 1 rings (SSSR count). The number of carbonyl (C=O) groups excluding carboxylic acids is 1. The summed E-state index contributed by atoms with van der Waals surface area (Å²) in [5, 5.41) is 9.55. The average molecular weight is 286 g/mol. The maximum absolute atomic E-state index is 12.0. The van der Waals surface area contributed by atoms with Crippen LogP contribution in [0.4, 0.5) is 0 Å². The molecule has 1 amide bonds. The molecule has 1 aromatic heterocycles. The van der Waals surface area contributed by atoms with Gasteiger partial charge in [0.15, 0.2) is 5.16 Å². The topological polar surface area (TPSA) is 79.8 Å². The van der Waals surface area contributed by atoms with Gasteiger partial charge in [0.05, 0.1) is 5.25 Å². The van der Waals surface area contributed by atoms with Crippen LogP contribution in [0.3, 0.4) is 0 Å². The molecular formula is C12H22N4O2S. The second-order valence-electron chi connectivity index (χ2n) is 5.46. The highest BCUT2D eigenvalue weighted by molar-refractivity contribution is 8.00. The highest BCUT2D eigenvalue weighted by Crippen LogP contribution is 2.20. The van der Waals surface area contributed by atoms with Crippen LogP contribution in [0, 0.1) is 0 Å². The summed E-state index contributed by atoms with van der Waals surface area (Å²) in [7, 11) is 0. The molecule has 0 spiro atoms. The number of carbonyl (C=O) groups is 1. The predicted molar refractivity (Wildman–Crippen MR) is 76.4 cm³/mol. The van der Waals surface area contributed by atoms with Crippen LogP contribution < -0.4 is 11.0 Å². The molecule has 6 nitrogen and oxygen atoms in total. The molecule has 0 bridgehead atoms. The van der Waals surface area contributed by atoms with Crippen LogP contribution in [-0.4, -0.2) is 31.5 Å². The van der Waals surface area contributed by atoms with Crippen molar-refractivity contribution in [2.24, 2.45) is 0 Å². The quantitative estimate of drug-likeness (QED) is 0.801. The zero-order valence-corrected chi connectivity index (χ0v) is 12.9. The summed E-state index contributed by atoms with van der Waals surface area (Å²) < 4.78 is 1.56. The van der Waals surface area contributed by atoms with Crippen molar-refractivity contribution >= 4 is 17.7 Å². The molecule has 0 saturated carbocycles. The summed E-state index contributed by atoms with van der Waals surface area (Å²) >= 11 is 1.29. The molecule has 0 aliphatic carbocycles. The number of rotatable bonds is 5. The maximum atomic E-state index is 12.0. The number of amides is 1. The molecule has 1 atom stereocenters. The Bertz CT molecular complexity index is 487. The van der Waals surface area contributed by atoms with E-state index in [2.05, 4.69) is 15.5 Å². The van der Waals surface area contributed by atoms with Crippen molar-refractivity contribution in [3.05, 3.63) is 10.5 Å². The number of hydrogen-bond donors (Lipinski definition) is 2. The standard InChI is InChI=1S/C12H22N4O2S/c1-6-7-16-10(18)14-15-11(16)19-8(2)9(17)13-12(3,4)5/h8H,6-7H2,1-5H3,(H,13,17)(H,14,18). The number of nitrogens with one attached hydrogen (secondary N) is 2. The first kappa shape index (κ1) is 15.8. The van der Waals surface area contributed by atoms with Gasteiger partial charge in [-0.05, 0) is 34.1 Å². The van der Waals surface area contributed by atoms with Crippen molar-refractivity contribution in [3.63, 3.8) is 0 Å². The smallest absolute Gasteiger partial charge is 0.343 e. The fourth-order valence-corrected chi connectivity index (χ4v) is 2.38. The summed E-state index contributed by atoms with van der Waals surface area (Å²) in [5.74, 6) is -0.0593. The van der Waals surface area contributed by atoms with Crippen LogP contribution in [0.5, 0.6) is 0 Å². The third-order valence-corrected chi connectivity index (χ3v) is 3.41. The van der Waals surface area contributed by atoms with Crippen molar-refractivity contribution in [2.45, 2.75) is 63.5 Å². The van der Waals surface area contributed by atoms with E-state index in [0.29, 0.717) is 11.7 Å². The van der Waals surface area contributed by atoms with Gasteiger partial charge in [-0.15, -0.1) is 5.10 Å². The average Bonchev–Trinajstić information content (AvgIpc) is 2.59. The van der Waals surface area contributed by atoms with Gasteiger partial charge in [0, 0.05) is 12.1 Å². The van der Waals surface area contributed by atoms with Crippen LogP contribution in [0.15, 0.2) is 9.95 Å². The third-order valence-electron chi connectivity index (χ3n) is 2.32. The minimum Gasteiger partial charge on any atom is -0.351 e. The Balaban J connectivity index is 2.74. The summed E-state index contributed by atoms with van der Waals surface area (Å²) in [6, 6.07) is 0. The number of aromatic nitrogens is 3. The molecule has 0 aliphatic heterocycles. The van der Waals surface area contributed by atoms with Gasteiger partial charge in [-0.3, -0.25) is 9.36 Å². The van der Waals surface area contributed by atoms with E-state index in [4.69, 9.17) is 0 Å². The lowest BCUT2D eigenvalue weighted by Crippen LogP contribution is -2.44. The van der Waals surface area contributed by atoms with Crippen LogP contribution in [0.1, 0.15) is 41.0 Å². The summed E-state index contributed by atoms with van der Waals surface area (Å²) in [4.78, 5) is 23.5. The van der Waals surface area contributed by atoms with Gasteiger partial charge >= 0.3 is 5.69 Å². The minimum atomic E-state index is -0.301. The van der Waals surface area contributed by atoms with Crippen molar-refractivity contribution in [1.82, 2.24) is 20.1 Å². The van der Waals surface area contributed by atoms with Crippen molar-refractivity contribution in [3.8, 4) is 0 Å². The lowest BCUT2D eigenvalue weighted by Gasteiger charge is -2.22. The summed E-state index contributed by atoms with van der Waals surface area (Å²) in [6.45, 7) is 10.2. The van der Waals surface area contributed by atoms with Gasteiger partial charge in [-0.2, -0.15) is 0 Å². The zero-order valence-electron chi connectivity index (χ0n) is 12.1. The van der Waals surface area contributed by atoms with Gasteiger partial charge < -0.3 is 5.32 Å². The van der Waals surface area contributed by atoms with E-state index >= 15 is 0 Å². The lowest BCUT2D eigenvalue weighted by atomic mass is 10.1. The normalized spacial score (nSPS) is 13.3. The zero-order chi connectivity index (χ0) is 14.6. The monoisotopic (exact) mass is 286 g/mol. The van der Waals surface area contributed by atoms with Gasteiger partial charge in [-0.25, -0.2) is 9.89 Å². The molecule has 0 saturated heterocycles. The first-order chi connectivity index (χ1) is 8.74. The first-order valence-electron chi connectivity index (χ1n) is 6.38. The minimum absolute atomic E-state index is 0.0593. The fraction of sp³-hybridized carbons (Fsp3) is 0.750. The molecule has 19 heavy (non-hydrogen) atoms. The lowest BCUT2D eigenvalue weighted by molar-refractivity contribution is -0.121. The molecular weight excluding hydrogens is 264 g/mol.